The second-order valence-corrected chi connectivity index (χ2v) is 5.68. The summed E-state index contributed by atoms with van der Waals surface area (Å²) in [5.41, 5.74) is 1.58. The van der Waals surface area contributed by atoms with Gasteiger partial charge >= 0.3 is 0 Å². The van der Waals surface area contributed by atoms with Crippen molar-refractivity contribution in [3.8, 4) is 0 Å². The third kappa shape index (κ3) is 3.45. The number of aliphatic hydroxyl groups is 1. The first kappa shape index (κ1) is 14.3. The van der Waals surface area contributed by atoms with Gasteiger partial charge in [-0.15, -0.1) is 0 Å². The molecule has 2 atom stereocenters. The molecule has 0 aromatic heterocycles. The van der Waals surface area contributed by atoms with E-state index in [9.17, 15) is 9.50 Å². The lowest BCUT2D eigenvalue weighted by Gasteiger charge is -2.26. The van der Waals surface area contributed by atoms with Crippen LogP contribution in [0.1, 0.15) is 25.0 Å². The predicted octanol–water partition coefficient (Wildman–Crippen LogP) is 2.27. The Morgan fingerprint density at radius 3 is 2.84 bits per heavy atom. The van der Waals surface area contributed by atoms with Gasteiger partial charge < -0.3 is 14.9 Å². The second-order valence-electron chi connectivity index (χ2n) is 5.68. The number of hydrogen-bond donors (Lipinski definition) is 1. The van der Waals surface area contributed by atoms with E-state index in [1.165, 1.54) is 18.6 Å². The molecule has 3 nitrogen and oxygen atoms in total. The number of rotatable bonds is 4. The number of likely N-dealkylation sites (tertiary alicyclic amines) is 1. The SMILES string of the molecule is C[C@@H](O)c1cc(F)ccc1N(C)CC1CCN(C)C1. The third-order valence-electron chi connectivity index (χ3n) is 3.87. The Morgan fingerprint density at radius 1 is 1.53 bits per heavy atom. The molecule has 19 heavy (non-hydrogen) atoms. The molecule has 4 heteroatoms. The van der Waals surface area contributed by atoms with Gasteiger partial charge in [-0.25, -0.2) is 4.39 Å². The van der Waals surface area contributed by atoms with Crippen LogP contribution >= 0.6 is 0 Å². The molecule has 1 aliphatic heterocycles. The fraction of sp³-hybridized carbons (Fsp3) is 0.600. The Balaban J connectivity index is 2.12. The number of nitrogens with zero attached hydrogens (tertiary/aromatic N) is 2. The van der Waals surface area contributed by atoms with Crippen LogP contribution in [-0.4, -0.2) is 43.7 Å². The first-order chi connectivity index (χ1) is 8.97. The molecule has 1 fully saturated rings. The molecule has 1 aliphatic rings. The molecule has 1 heterocycles. The molecule has 1 unspecified atom stereocenters. The molecule has 1 aromatic rings. The average molecular weight is 266 g/mol. The van der Waals surface area contributed by atoms with Gasteiger partial charge in [0.15, 0.2) is 0 Å². The summed E-state index contributed by atoms with van der Waals surface area (Å²) < 4.78 is 13.3. The van der Waals surface area contributed by atoms with Gasteiger partial charge in [-0.05, 0) is 51.1 Å². The quantitative estimate of drug-likeness (QED) is 0.905. The molecule has 106 valence electrons. The maximum atomic E-state index is 13.3. The van der Waals surface area contributed by atoms with Crippen LogP contribution in [0.2, 0.25) is 0 Å². The van der Waals surface area contributed by atoms with Crippen molar-refractivity contribution in [3.05, 3.63) is 29.6 Å². The van der Waals surface area contributed by atoms with Crippen molar-refractivity contribution < 1.29 is 9.50 Å². The largest absolute Gasteiger partial charge is 0.389 e. The van der Waals surface area contributed by atoms with Crippen LogP contribution in [0.5, 0.6) is 0 Å². The van der Waals surface area contributed by atoms with Gasteiger partial charge in [-0.2, -0.15) is 0 Å². The van der Waals surface area contributed by atoms with E-state index in [1.807, 2.05) is 7.05 Å². The minimum absolute atomic E-state index is 0.298. The molecule has 1 N–H and O–H groups in total. The minimum Gasteiger partial charge on any atom is -0.389 e. The van der Waals surface area contributed by atoms with E-state index in [4.69, 9.17) is 0 Å². The molecule has 0 spiro atoms. The molecule has 1 saturated heterocycles. The van der Waals surface area contributed by atoms with Crippen molar-refractivity contribution in [1.29, 1.82) is 0 Å². The van der Waals surface area contributed by atoms with Crippen LogP contribution in [0.15, 0.2) is 18.2 Å². The van der Waals surface area contributed by atoms with Gasteiger partial charge in [0.1, 0.15) is 5.82 Å². The number of anilines is 1. The normalized spacial score (nSPS) is 21.6. The summed E-state index contributed by atoms with van der Waals surface area (Å²) in [7, 11) is 4.15. The van der Waals surface area contributed by atoms with Gasteiger partial charge in [-0.1, -0.05) is 0 Å². The predicted molar refractivity (Wildman–Crippen MR) is 75.9 cm³/mol. The Morgan fingerprint density at radius 2 is 2.26 bits per heavy atom. The van der Waals surface area contributed by atoms with E-state index in [0.717, 1.165) is 25.3 Å². The van der Waals surface area contributed by atoms with Crippen molar-refractivity contribution in [2.45, 2.75) is 19.4 Å². The Hall–Kier alpha value is -1.13. The van der Waals surface area contributed by atoms with Crippen LogP contribution in [0.4, 0.5) is 10.1 Å². The molecule has 2 rings (SSSR count). The van der Waals surface area contributed by atoms with Crippen molar-refractivity contribution >= 4 is 5.69 Å². The van der Waals surface area contributed by atoms with Crippen molar-refractivity contribution in [2.75, 3.05) is 38.6 Å². The van der Waals surface area contributed by atoms with Crippen LogP contribution < -0.4 is 4.90 Å². The summed E-state index contributed by atoms with van der Waals surface area (Å²) >= 11 is 0. The third-order valence-corrected chi connectivity index (χ3v) is 3.87. The number of hydrogen-bond acceptors (Lipinski definition) is 3. The highest BCUT2D eigenvalue weighted by molar-refractivity contribution is 5.54. The van der Waals surface area contributed by atoms with E-state index in [1.54, 1.807) is 13.0 Å². The monoisotopic (exact) mass is 266 g/mol. The summed E-state index contributed by atoms with van der Waals surface area (Å²) in [5.74, 6) is 0.343. The van der Waals surface area contributed by atoms with Gasteiger partial charge in [0.05, 0.1) is 6.10 Å². The van der Waals surface area contributed by atoms with Crippen LogP contribution in [0.25, 0.3) is 0 Å². The number of benzene rings is 1. The van der Waals surface area contributed by atoms with Gasteiger partial charge in [0.2, 0.25) is 0 Å². The highest BCUT2D eigenvalue weighted by atomic mass is 19.1. The zero-order chi connectivity index (χ0) is 14.0. The summed E-state index contributed by atoms with van der Waals surface area (Å²) in [5, 5.41) is 9.78. The molecule has 1 aromatic carbocycles. The van der Waals surface area contributed by atoms with Crippen molar-refractivity contribution in [2.24, 2.45) is 5.92 Å². The van der Waals surface area contributed by atoms with Gasteiger partial charge in [0, 0.05) is 31.4 Å². The average Bonchev–Trinajstić information content (AvgIpc) is 2.74. The highest BCUT2D eigenvalue weighted by Crippen LogP contribution is 2.28. The van der Waals surface area contributed by atoms with Crippen LogP contribution in [0, 0.1) is 11.7 Å². The summed E-state index contributed by atoms with van der Waals surface area (Å²) in [6.45, 7) is 4.87. The first-order valence-electron chi connectivity index (χ1n) is 6.84. The maximum absolute atomic E-state index is 13.3. The Labute approximate surface area is 114 Å². The smallest absolute Gasteiger partial charge is 0.123 e. The van der Waals surface area contributed by atoms with E-state index in [-0.39, 0.29) is 5.82 Å². The standard InChI is InChI=1S/C15H23FN2O/c1-11(19)14-8-13(16)4-5-15(14)18(3)10-12-6-7-17(2)9-12/h4-5,8,11-12,19H,6-7,9-10H2,1-3H3/t11-,12?/m1/s1. The Kier molecular flexibility index (Phi) is 4.42. The molecular weight excluding hydrogens is 243 g/mol. The molecular formula is C15H23FN2O. The zero-order valence-electron chi connectivity index (χ0n) is 11.9. The van der Waals surface area contributed by atoms with Crippen LogP contribution in [-0.2, 0) is 0 Å². The maximum Gasteiger partial charge on any atom is 0.123 e. The summed E-state index contributed by atoms with van der Waals surface area (Å²) in [4.78, 5) is 4.46. The van der Waals surface area contributed by atoms with Gasteiger partial charge in [0.25, 0.3) is 0 Å². The molecule has 0 bridgehead atoms. The minimum atomic E-state index is -0.653. The lowest BCUT2D eigenvalue weighted by Crippen LogP contribution is -2.28. The number of halogens is 1. The van der Waals surface area contributed by atoms with Crippen molar-refractivity contribution in [1.82, 2.24) is 4.90 Å². The fourth-order valence-corrected chi connectivity index (χ4v) is 2.87. The second kappa shape index (κ2) is 5.88. The highest BCUT2D eigenvalue weighted by Gasteiger charge is 2.22. The topological polar surface area (TPSA) is 26.7 Å². The van der Waals surface area contributed by atoms with Crippen LogP contribution in [0.3, 0.4) is 0 Å². The van der Waals surface area contributed by atoms with Gasteiger partial charge in [-0.3, -0.25) is 0 Å². The van der Waals surface area contributed by atoms with E-state index in [0.29, 0.717) is 11.5 Å². The Bertz CT molecular complexity index is 436. The molecule has 0 amide bonds. The summed E-state index contributed by atoms with van der Waals surface area (Å²) in [6, 6.07) is 4.64. The van der Waals surface area contributed by atoms with E-state index < -0.39 is 6.10 Å². The zero-order valence-corrected chi connectivity index (χ0v) is 11.9. The number of aliphatic hydroxyl groups excluding tert-OH is 1. The van der Waals surface area contributed by atoms with E-state index in [2.05, 4.69) is 16.8 Å². The molecule has 0 saturated carbocycles. The molecule has 0 radical (unpaired) electrons. The lowest BCUT2D eigenvalue weighted by atomic mass is 10.0. The first-order valence-corrected chi connectivity index (χ1v) is 6.84. The van der Waals surface area contributed by atoms with E-state index >= 15 is 0 Å². The lowest BCUT2D eigenvalue weighted by molar-refractivity contribution is 0.199. The molecule has 0 aliphatic carbocycles. The van der Waals surface area contributed by atoms with Crippen molar-refractivity contribution in [3.63, 3.8) is 0 Å². The fourth-order valence-electron chi connectivity index (χ4n) is 2.87. The summed E-state index contributed by atoms with van der Waals surface area (Å²) in [6.07, 6.45) is 0.547.